The molecule has 0 saturated heterocycles. The zero-order chi connectivity index (χ0) is 14.2. The number of ether oxygens (including phenoxy) is 4. The topological polar surface area (TPSA) is 57.2 Å². The molecule has 0 radical (unpaired) electrons. The van der Waals surface area contributed by atoms with Gasteiger partial charge in [-0.3, -0.25) is 0 Å². The highest BCUT2D eigenvalue weighted by Gasteiger charge is 2.07. The third-order valence-corrected chi connectivity index (χ3v) is 2.41. The van der Waals surface area contributed by atoms with Gasteiger partial charge in [0.1, 0.15) is 0 Å². The highest BCUT2D eigenvalue weighted by atomic mass is 16.5. The Kier molecular flexibility index (Phi) is 15.7. The van der Waals surface area contributed by atoms with Gasteiger partial charge in [0.25, 0.3) is 0 Å². The van der Waals surface area contributed by atoms with Crippen molar-refractivity contribution in [2.45, 2.75) is 26.7 Å². The quantitative estimate of drug-likeness (QED) is 0.460. The van der Waals surface area contributed by atoms with Crippen LogP contribution in [0.1, 0.15) is 26.7 Å². The maximum absolute atomic E-state index is 9.19. The average Bonchev–Trinajstić information content (AvgIpc) is 2.44. The van der Waals surface area contributed by atoms with Crippen molar-refractivity contribution in [3.05, 3.63) is 0 Å². The Bertz CT molecular complexity index is 150. The highest BCUT2D eigenvalue weighted by molar-refractivity contribution is 4.54. The summed E-state index contributed by atoms with van der Waals surface area (Å²) in [6.07, 6.45) is 2.04. The molecule has 5 nitrogen and oxygen atoms in total. The minimum Gasteiger partial charge on any atom is -0.396 e. The van der Waals surface area contributed by atoms with Crippen molar-refractivity contribution < 1.29 is 24.1 Å². The molecular formula is C14H30O5. The van der Waals surface area contributed by atoms with E-state index in [9.17, 15) is 5.11 Å². The summed E-state index contributed by atoms with van der Waals surface area (Å²) >= 11 is 0. The lowest BCUT2D eigenvalue weighted by atomic mass is 10.2. The van der Waals surface area contributed by atoms with Crippen LogP contribution in [0, 0.1) is 5.92 Å². The molecule has 116 valence electrons. The molecule has 0 unspecified atom stereocenters. The SMILES string of the molecule is CCCOCCOCC(CO)COCCOCCC. The fourth-order valence-electron chi connectivity index (χ4n) is 1.38. The van der Waals surface area contributed by atoms with Gasteiger partial charge in [-0.15, -0.1) is 0 Å². The highest BCUT2D eigenvalue weighted by Crippen LogP contribution is 1.98. The van der Waals surface area contributed by atoms with Crippen LogP contribution < -0.4 is 0 Å². The van der Waals surface area contributed by atoms with E-state index < -0.39 is 0 Å². The summed E-state index contributed by atoms with van der Waals surface area (Å²) in [6, 6.07) is 0. The minimum absolute atomic E-state index is 0.0253. The zero-order valence-electron chi connectivity index (χ0n) is 12.4. The van der Waals surface area contributed by atoms with Gasteiger partial charge in [0.15, 0.2) is 0 Å². The Hall–Kier alpha value is -0.200. The van der Waals surface area contributed by atoms with Crippen molar-refractivity contribution in [3.63, 3.8) is 0 Å². The van der Waals surface area contributed by atoms with Crippen LogP contribution in [-0.4, -0.2) is 64.6 Å². The summed E-state index contributed by atoms with van der Waals surface area (Å²) in [5, 5.41) is 9.19. The van der Waals surface area contributed by atoms with Crippen molar-refractivity contribution >= 4 is 0 Å². The second kappa shape index (κ2) is 15.9. The van der Waals surface area contributed by atoms with Crippen LogP contribution in [0.15, 0.2) is 0 Å². The normalized spacial score (nSPS) is 11.4. The van der Waals surface area contributed by atoms with Gasteiger partial charge in [0, 0.05) is 19.1 Å². The van der Waals surface area contributed by atoms with E-state index in [-0.39, 0.29) is 12.5 Å². The molecule has 1 N–H and O–H groups in total. The minimum atomic E-state index is 0.0253. The van der Waals surface area contributed by atoms with E-state index in [1.165, 1.54) is 0 Å². The zero-order valence-corrected chi connectivity index (χ0v) is 12.4. The van der Waals surface area contributed by atoms with E-state index in [0.717, 1.165) is 26.1 Å². The second-order valence-electron chi connectivity index (χ2n) is 4.42. The van der Waals surface area contributed by atoms with E-state index in [1.807, 2.05) is 0 Å². The molecule has 0 aliphatic carbocycles. The van der Waals surface area contributed by atoms with E-state index in [4.69, 9.17) is 18.9 Å². The Balaban J connectivity index is 3.30. The fourth-order valence-corrected chi connectivity index (χ4v) is 1.38. The summed E-state index contributed by atoms with van der Waals surface area (Å²) in [7, 11) is 0. The number of hydrogen-bond donors (Lipinski definition) is 1. The predicted molar refractivity (Wildman–Crippen MR) is 74.4 cm³/mol. The molecule has 19 heavy (non-hydrogen) atoms. The van der Waals surface area contributed by atoms with Crippen molar-refractivity contribution in [1.29, 1.82) is 0 Å². The molecule has 0 spiro atoms. The molecule has 0 aliphatic heterocycles. The third-order valence-electron chi connectivity index (χ3n) is 2.41. The first kappa shape index (κ1) is 18.8. The predicted octanol–water partition coefficient (Wildman–Crippen LogP) is 1.48. The van der Waals surface area contributed by atoms with Crippen LogP contribution in [0.5, 0.6) is 0 Å². The molecule has 0 aromatic rings. The first-order valence-corrected chi connectivity index (χ1v) is 7.26. The molecule has 0 rings (SSSR count). The molecule has 0 atom stereocenters. The molecule has 0 aliphatic rings. The summed E-state index contributed by atoms with van der Waals surface area (Å²) in [5.41, 5.74) is 0. The summed E-state index contributed by atoms with van der Waals surface area (Å²) < 4.78 is 21.5. The van der Waals surface area contributed by atoms with Gasteiger partial charge in [-0.1, -0.05) is 13.8 Å². The van der Waals surface area contributed by atoms with Gasteiger partial charge in [-0.2, -0.15) is 0 Å². The molecule has 0 saturated carbocycles. The van der Waals surface area contributed by atoms with Gasteiger partial charge in [0.05, 0.1) is 46.2 Å². The van der Waals surface area contributed by atoms with Gasteiger partial charge >= 0.3 is 0 Å². The molecular weight excluding hydrogens is 248 g/mol. The van der Waals surface area contributed by atoms with Crippen molar-refractivity contribution in [1.82, 2.24) is 0 Å². The fraction of sp³-hybridized carbons (Fsp3) is 1.00. The Morgan fingerprint density at radius 3 is 1.47 bits per heavy atom. The van der Waals surface area contributed by atoms with Gasteiger partial charge < -0.3 is 24.1 Å². The number of aliphatic hydroxyl groups is 1. The monoisotopic (exact) mass is 278 g/mol. The number of aliphatic hydroxyl groups excluding tert-OH is 1. The maximum atomic E-state index is 9.19. The van der Waals surface area contributed by atoms with Crippen LogP contribution in [-0.2, 0) is 18.9 Å². The van der Waals surface area contributed by atoms with E-state index in [0.29, 0.717) is 39.6 Å². The summed E-state index contributed by atoms with van der Waals surface area (Å²) in [6.45, 7) is 9.12. The molecule has 0 bridgehead atoms. The molecule has 5 heteroatoms. The van der Waals surface area contributed by atoms with Gasteiger partial charge in [0.2, 0.25) is 0 Å². The van der Waals surface area contributed by atoms with Gasteiger partial charge in [-0.25, -0.2) is 0 Å². The van der Waals surface area contributed by atoms with Crippen LogP contribution in [0.25, 0.3) is 0 Å². The lowest BCUT2D eigenvalue weighted by Gasteiger charge is -2.15. The summed E-state index contributed by atoms with van der Waals surface area (Å²) in [5.74, 6) is 0.0253. The van der Waals surface area contributed by atoms with Crippen molar-refractivity contribution in [2.75, 3.05) is 59.5 Å². The number of rotatable bonds is 15. The van der Waals surface area contributed by atoms with Crippen molar-refractivity contribution in [2.24, 2.45) is 5.92 Å². The lowest BCUT2D eigenvalue weighted by Crippen LogP contribution is -2.22. The molecule has 0 heterocycles. The van der Waals surface area contributed by atoms with Crippen LogP contribution in [0.4, 0.5) is 0 Å². The number of hydrogen-bond acceptors (Lipinski definition) is 5. The first-order valence-electron chi connectivity index (χ1n) is 7.26. The second-order valence-corrected chi connectivity index (χ2v) is 4.42. The molecule has 0 aromatic heterocycles. The lowest BCUT2D eigenvalue weighted by molar-refractivity contribution is -0.0166. The average molecular weight is 278 g/mol. The van der Waals surface area contributed by atoms with E-state index in [1.54, 1.807) is 0 Å². The smallest absolute Gasteiger partial charge is 0.0700 e. The van der Waals surface area contributed by atoms with E-state index in [2.05, 4.69) is 13.8 Å². The summed E-state index contributed by atoms with van der Waals surface area (Å²) in [4.78, 5) is 0. The Morgan fingerprint density at radius 1 is 0.684 bits per heavy atom. The molecule has 0 fully saturated rings. The maximum Gasteiger partial charge on any atom is 0.0700 e. The Labute approximate surface area is 117 Å². The first-order chi connectivity index (χ1) is 9.35. The van der Waals surface area contributed by atoms with Crippen LogP contribution in [0.3, 0.4) is 0 Å². The largest absolute Gasteiger partial charge is 0.396 e. The van der Waals surface area contributed by atoms with E-state index >= 15 is 0 Å². The molecule has 0 amide bonds. The Morgan fingerprint density at radius 2 is 1.11 bits per heavy atom. The van der Waals surface area contributed by atoms with Crippen molar-refractivity contribution in [3.8, 4) is 0 Å². The third kappa shape index (κ3) is 14.0. The standard InChI is InChI=1S/C14H30O5/c1-3-5-16-7-9-18-12-14(11-15)13-19-10-8-17-6-4-2/h14-15H,3-13H2,1-2H3. The van der Waals surface area contributed by atoms with Crippen LogP contribution >= 0.6 is 0 Å². The van der Waals surface area contributed by atoms with Crippen LogP contribution in [0.2, 0.25) is 0 Å². The molecule has 0 aromatic carbocycles. The van der Waals surface area contributed by atoms with Gasteiger partial charge in [-0.05, 0) is 12.8 Å².